The van der Waals surface area contributed by atoms with E-state index in [4.69, 9.17) is 22.1 Å². The molecule has 2 aromatic rings. The lowest BCUT2D eigenvalue weighted by Gasteiger charge is -2.14. The van der Waals surface area contributed by atoms with Gasteiger partial charge in [-0.3, -0.25) is 0 Å². The molecule has 1 unspecified atom stereocenters. The minimum atomic E-state index is -0.253. The lowest BCUT2D eigenvalue weighted by Crippen LogP contribution is -2.22. The molecule has 5 nitrogen and oxygen atoms in total. The van der Waals surface area contributed by atoms with Crippen LogP contribution in [0.25, 0.3) is 0 Å². The van der Waals surface area contributed by atoms with Crippen LogP contribution in [0.4, 0.5) is 0 Å². The smallest absolute Gasteiger partial charge is 0.119 e. The molecule has 1 aromatic heterocycles. The first-order valence-corrected chi connectivity index (χ1v) is 6.61. The van der Waals surface area contributed by atoms with Crippen LogP contribution < -0.4 is 10.5 Å². The minimum absolute atomic E-state index is 0.253. The van der Waals surface area contributed by atoms with E-state index in [0.717, 1.165) is 24.4 Å². The Hall–Kier alpha value is -1.59. The lowest BCUT2D eigenvalue weighted by molar-refractivity contribution is 0.284. The normalized spacial score (nSPS) is 12.4. The van der Waals surface area contributed by atoms with Crippen molar-refractivity contribution >= 4 is 11.6 Å². The first-order valence-electron chi connectivity index (χ1n) is 6.23. The molecule has 0 radical (unpaired) electrons. The molecule has 1 aromatic carbocycles. The first-order chi connectivity index (χ1) is 9.20. The van der Waals surface area contributed by atoms with Crippen molar-refractivity contribution in [2.24, 2.45) is 5.73 Å². The number of aromatic nitrogens is 3. The summed E-state index contributed by atoms with van der Waals surface area (Å²) in [5.74, 6) is 0.745. The average molecular weight is 281 g/mol. The van der Waals surface area contributed by atoms with Gasteiger partial charge in [0.05, 0.1) is 17.9 Å². The van der Waals surface area contributed by atoms with Crippen LogP contribution in [0.2, 0.25) is 5.02 Å². The first kappa shape index (κ1) is 13.8. The molecule has 2 N–H and O–H groups in total. The zero-order chi connectivity index (χ0) is 13.7. The standard InChI is InChI=1S/C13H17ClN4O/c1-2-7-18-13(8-16-17-18)12(15)9-19-11-5-3-10(14)4-6-11/h3-6,8,12H,2,7,9,15H2,1H3. The molecule has 0 aliphatic carbocycles. The van der Waals surface area contributed by atoms with Gasteiger partial charge in [0, 0.05) is 11.6 Å². The molecule has 1 heterocycles. The molecule has 0 saturated heterocycles. The van der Waals surface area contributed by atoms with Crippen molar-refractivity contribution in [2.45, 2.75) is 25.9 Å². The number of ether oxygens (including phenoxy) is 1. The van der Waals surface area contributed by atoms with Crippen molar-refractivity contribution in [3.05, 3.63) is 41.2 Å². The van der Waals surface area contributed by atoms with Crippen molar-refractivity contribution < 1.29 is 4.74 Å². The molecular weight excluding hydrogens is 264 g/mol. The highest BCUT2D eigenvalue weighted by Crippen LogP contribution is 2.17. The summed E-state index contributed by atoms with van der Waals surface area (Å²) in [6, 6.07) is 6.95. The number of aryl methyl sites for hydroxylation is 1. The fourth-order valence-corrected chi connectivity index (χ4v) is 1.87. The highest BCUT2D eigenvalue weighted by molar-refractivity contribution is 6.30. The molecule has 1 atom stereocenters. The summed E-state index contributed by atoms with van der Waals surface area (Å²) in [5.41, 5.74) is 6.98. The summed E-state index contributed by atoms with van der Waals surface area (Å²) < 4.78 is 7.44. The van der Waals surface area contributed by atoms with Crippen LogP contribution >= 0.6 is 11.6 Å². The van der Waals surface area contributed by atoms with Crippen LogP contribution in [0, 0.1) is 0 Å². The zero-order valence-corrected chi connectivity index (χ0v) is 11.5. The van der Waals surface area contributed by atoms with Crippen molar-refractivity contribution in [3.63, 3.8) is 0 Å². The Labute approximate surface area is 117 Å². The van der Waals surface area contributed by atoms with Crippen LogP contribution in [0.1, 0.15) is 25.1 Å². The number of rotatable bonds is 6. The molecule has 6 heteroatoms. The highest BCUT2D eigenvalue weighted by atomic mass is 35.5. The van der Waals surface area contributed by atoms with Crippen LogP contribution in [0.15, 0.2) is 30.5 Å². The summed E-state index contributed by atoms with van der Waals surface area (Å²) >= 11 is 5.81. The largest absolute Gasteiger partial charge is 0.492 e. The van der Waals surface area contributed by atoms with Gasteiger partial charge in [-0.2, -0.15) is 0 Å². The van der Waals surface area contributed by atoms with Gasteiger partial charge in [0.25, 0.3) is 0 Å². The fourth-order valence-electron chi connectivity index (χ4n) is 1.74. The maximum atomic E-state index is 6.10. The van der Waals surface area contributed by atoms with Crippen molar-refractivity contribution in [2.75, 3.05) is 6.61 Å². The quantitative estimate of drug-likeness (QED) is 0.882. The third-order valence-electron chi connectivity index (χ3n) is 2.71. The van der Waals surface area contributed by atoms with Crippen LogP contribution in [0.3, 0.4) is 0 Å². The predicted octanol–water partition coefficient (Wildman–Crippen LogP) is 2.42. The third-order valence-corrected chi connectivity index (χ3v) is 2.96. The number of nitrogens with zero attached hydrogens (tertiary/aromatic N) is 3. The minimum Gasteiger partial charge on any atom is -0.492 e. The Morgan fingerprint density at radius 3 is 2.79 bits per heavy atom. The Bertz CT molecular complexity index is 512. The van der Waals surface area contributed by atoms with E-state index in [1.54, 1.807) is 18.3 Å². The molecular formula is C13H17ClN4O. The van der Waals surface area contributed by atoms with E-state index in [9.17, 15) is 0 Å². The van der Waals surface area contributed by atoms with Gasteiger partial charge in [0.2, 0.25) is 0 Å². The van der Waals surface area contributed by atoms with E-state index in [1.165, 1.54) is 0 Å². The second kappa shape index (κ2) is 6.54. The van der Waals surface area contributed by atoms with Gasteiger partial charge < -0.3 is 10.5 Å². The van der Waals surface area contributed by atoms with Gasteiger partial charge in [-0.1, -0.05) is 23.7 Å². The second-order valence-corrected chi connectivity index (χ2v) is 4.69. The number of hydrogen-bond donors (Lipinski definition) is 1. The number of hydrogen-bond acceptors (Lipinski definition) is 4. The Kier molecular flexibility index (Phi) is 4.76. The van der Waals surface area contributed by atoms with E-state index in [1.807, 2.05) is 16.8 Å². The molecule has 0 aliphatic heterocycles. The second-order valence-electron chi connectivity index (χ2n) is 4.25. The van der Waals surface area contributed by atoms with E-state index >= 15 is 0 Å². The average Bonchev–Trinajstić information content (AvgIpc) is 2.86. The molecule has 0 spiro atoms. The molecule has 0 aliphatic rings. The number of halogens is 1. The van der Waals surface area contributed by atoms with Gasteiger partial charge in [-0.25, -0.2) is 4.68 Å². The van der Waals surface area contributed by atoms with Crippen molar-refractivity contribution in [3.8, 4) is 5.75 Å². The molecule has 0 fully saturated rings. The van der Waals surface area contributed by atoms with Gasteiger partial charge in [-0.05, 0) is 30.7 Å². The molecule has 102 valence electrons. The van der Waals surface area contributed by atoms with E-state index in [0.29, 0.717) is 11.6 Å². The van der Waals surface area contributed by atoms with Gasteiger partial charge in [0.15, 0.2) is 0 Å². The number of nitrogens with two attached hydrogens (primary N) is 1. The molecule has 0 bridgehead atoms. The SMILES string of the molecule is CCCn1nncc1C(N)COc1ccc(Cl)cc1. The lowest BCUT2D eigenvalue weighted by atomic mass is 10.2. The Balaban J connectivity index is 1.95. The van der Waals surface area contributed by atoms with E-state index in [2.05, 4.69) is 17.2 Å². The molecule has 19 heavy (non-hydrogen) atoms. The van der Waals surface area contributed by atoms with Gasteiger partial charge >= 0.3 is 0 Å². The molecule has 0 saturated carbocycles. The van der Waals surface area contributed by atoms with Crippen LogP contribution in [-0.4, -0.2) is 21.6 Å². The van der Waals surface area contributed by atoms with E-state index < -0.39 is 0 Å². The monoisotopic (exact) mass is 280 g/mol. The van der Waals surface area contributed by atoms with Gasteiger partial charge in [-0.15, -0.1) is 5.10 Å². The third kappa shape index (κ3) is 3.68. The maximum absolute atomic E-state index is 6.10. The Morgan fingerprint density at radius 2 is 2.11 bits per heavy atom. The predicted molar refractivity (Wildman–Crippen MR) is 74.2 cm³/mol. The zero-order valence-electron chi connectivity index (χ0n) is 10.8. The highest BCUT2D eigenvalue weighted by Gasteiger charge is 2.13. The van der Waals surface area contributed by atoms with Crippen LogP contribution in [0.5, 0.6) is 5.75 Å². The summed E-state index contributed by atoms with van der Waals surface area (Å²) in [5, 5.41) is 8.58. The van der Waals surface area contributed by atoms with Crippen LogP contribution in [-0.2, 0) is 6.54 Å². The van der Waals surface area contributed by atoms with E-state index in [-0.39, 0.29) is 6.04 Å². The summed E-state index contributed by atoms with van der Waals surface area (Å²) in [6.07, 6.45) is 2.67. The summed E-state index contributed by atoms with van der Waals surface area (Å²) in [4.78, 5) is 0. The summed E-state index contributed by atoms with van der Waals surface area (Å²) in [7, 11) is 0. The van der Waals surface area contributed by atoms with Crippen molar-refractivity contribution in [1.82, 2.24) is 15.0 Å². The Morgan fingerprint density at radius 1 is 1.37 bits per heavy atom. The van der Waals surface area contributed by atoms with Crippen molar-refractivity contribution in [1.29, 1.82) is 0 Å². The molecule has 0 amide bonds. The van der Waals surface area contributed by atoms with Gasteiger partial charge in [0.1, 0.15) is 12.4 Å². The summed E-state index contributed by atoms with van der Waals surface area (Å²) in [6.45, 7) is 3.27. The topological polar surface area (TPSA) is 66.0 Å². The molecule has 2 rings (SSSR count). The maximum Gasteiger partial charge on any atom is 0.119 e. The number of benzene rings is 1. The fraction of sp³-hybridized carbons (Fsp3) is 0.385.